The van der Waals surface area contributed by atoms with Gasteiger partial charge in [0.1, 0.15) is 0 Å². The number of carbonyl (C=O) groups excluding carboxylic acids is 2. The molecular formula is C41H33BO4. The molecule has 5 heteroatoms. The summed E-state index contributed by atoms with van der Waals surface area (Å²) >= 11 is 0. The van der Waals surface area contributed by atoms with Crippen molar-refractivity contribution < 1.29 is 18.9 Å². The quantitative estimate of drug-likeness (QED) is 0.191. The van der Waals surface area contributed by atoms with Gasteiger partial charge in [-0.05, 0) is 64.1 Å². The molecule has 46 heavy (non-hydrogen) atoms. The molecule has 0 amide bonds. The van der Waals surface area contributed by atoms with Crippen molar-refractivity contribution in [1.29, 1.82) is 0 Å². The number of benzene rings is 6. The Morgan fingerprint density at radius 2 is 1.04 bits per heavy atom. The average molecular weight is 601 g/mol. The van der Waals surface area contributed by atoms with Gasteiger partial charge in [-0.2, -0.15) is 0 Å². The number of hydrogen-bond acceptors (Lipinski definition) is 4. The van der Waals surface area contributed by atoms with Gasteiger partial charge in [0.15, 0.2) is 11.6 Å². The van der Waals surface area contributed by atoms with Crippen LogP contribution in [-0.4, -0.2) is 30.9 Å². The highest BCUT2D eigenvalue weighted by Crippen LogP contribution is 2.46. The summed E-state index contributed by atoms with van der Waals surface area (Å²) in [7, 11) is -0.494. The van der Waals surface area contributed by atoms with Crippen LogP contribution in [0.3, 0.4) is 0 Å². The Balaban J connectivity index is 1.37. The zero-order valence-corrected chi connectivity index (χ0v) is 26.4. The molecular weight excluding hydrogens is 567 g/mol. The fraction of sp³-hybridized carbons (Fsp3) is 0.171. The predicted octanol–water partition coefficient (Wildman–Crippen LogP) is 8.65. The molecule has 0 aromatic heterocycles. The zero-order chi connectivity index (χ0) is 31.8. The van der Waals surface area contributed by atoms with Crippen molar-refractivity contribution in [2.24, 2.45) is 5.41 Å². The van der Waals surface area contributed by atoms with Crippen molar-refractivity contribution in [3.05, 3.63) is 138 Å². The van der Waals surface area contributed by atoms with Crippen LogP contribution in [-0.2, 0) is 9.31 Å². The molecule has 0 spiro atoms. The molecule has 6 aromatic carbocycles. The topological polar surface area (TPSA) is 52.6 Å². The first-order chi connectivity index (χ1) is 22.1. The van der Waals surface area contributed by atoms with E-state index in [2.05, 4.69) is 39.8 Å². The number of carbonyl (C=O) groups is 2. The maximum Gasteiger partial charge on any atom is 0.494 e. The van der Waals surface area contributed by atoms with Gasteiger partial charge in [0.2, 0.25) is 0 Å². The van der Waals surface area contributed by atoms with Crippen molar-refractivity contribution in [3.8, 4) is 22.3 Å². The Morgan fingerprint density at radius 3 is 1.57 bits per heavy atom. The lowest BCUT2D eigenvalue weighted by atomic mass is 9.69. The summed E-state index contributed by atoms with van der Waals surface area (Å²) in [6.45, 7) is 9.09. The van der Waals surface area contributed by atoms with Gasteiger partial charge >= 0.3 is 7.12 Å². The molecule has 1 saturated heterocycles. The van der Waals surface area contributed by atoms with Crippen LogP contribution in [0.1, 0.15) is 59.5 Å². The predicted molar refractivity (Wildman–Crippen MR) is 186 cm³/mol. The minimum atomic E-state index is -0.494. The van der Waals surface area contributed by atoms with Crippen LogP contribution in [0.5, 0.6) is 0 Å². The van der Waals surface area contributed by atoms with E-state index in [0.717, 1.165) is 49.3 Å². The van der Waals surface area contributed by atoms with Crippen LogP contribution in [0.15, 0.2) is 115 Å². The van der Waals surface area contributed by atoms with Gasteiger partial charge in [-0.15, -0.1) is 0 Å². The number of ketones is 2. The summed E-state index contributed by atoms with van der Waals surface area (Å²) in [5.74, 6) is -0.271. The lowest BCUT2D eigenvalue weighted by Crippen LogP contribution is -2.58. The SMILES string of the molecule is CC1(C)COB(c2ccc(-c3c4c(c(-c5ccccc5)c5ccccc35)C(=O)c3cc5ccccc5cc3C4=O)cc2)OC1(C)C. The third-order valence-corrected chi connectivity index (χ3v) is 10.2. The molecule has 2 aliphatic rings. The standard InChI is InChI=1S/C41H33BO4/c1-40(2)24-45-42(46-41(40,3)4)29-20-18-26(19-21-29)35-31-17-11-10-16-30(31)34(25-12-6-5-7-13-25)36-37(35)39(44)33-23-28-15-9-8-14-27(28)22-32(33)38(36)43/h5-23H,24H2,1-4H3. The minimum Gasteiger partial charge on any atom is -0.407 e. The number of fused-ring (bicyclic) bond motifs is 4. The van der Waals surface area contributed by atoms with Crippen LogP contribution >= 0.6 is 0 Å². The molecule has 0 saturated carbocycles. The van der Waals surface area contributed by atoms with Crippen molar-refractivity contribution in [1.82, 2.24) is 0 Å². The average Bonchev–Trinajstić information content (AvgIpc) is 3.07. The lowest BCUT2D eigenvalue weighted by molar-refractivity contribution is -0.0937. The lowest BCUT2D eigenvalue weighted by Gasteiger charge is -2.47. The van der Waals surface area contributed by atoms with Crippen LogP contribution in [0, 0.1) is 5.41 Å². The van der Waals surface area contributed by atoms with Crippen LogP contribution in [0.2, 0.25) is 0 Å². The molecule has 8 rings (SSSR count). The highest BCUT2D eigenvalue weighted by molar-refractivity contribution is 6.61. The van der Waals surface area contributed by atoms with Gasteiger partial charge < -0.3 is 9.31 Å². The van der Waals surface area contributed by atoms with Crippen molar-refractivity contribution >= 4 is 45.7 Å². The molecule has 1 heterocycles. The van der Waals surface area contributed by atoms with Crippen LogP contribution in [0.25, 0.3) is 43.8 Å². The van der Waals surface area contributed by atoms with Crippen molar-refractivity contribution in [2.75, 3.05) is 6.61 Å². The molecule has 224 valence electrons. The first kappa shape index (κ1) is 28.6. The second kappa shape index (κ2) is 10.3. The molecule has 6 aromatic rings. The molecule has 0 N–H and O–H groups in total. The van der Waals surface area contributed by atoms with Gasteiger partial charge in [-0.3, -0.25) is 9.59 Å². The Kier molecular flexibility index (Phi) is 6.44. The Morgan fingerprint density at radius 1 is 0.565 bits per heavy atom. The summed E-state index contributed by atoms with van der Waals surface area (Å²) < 4.78 is 12.6. The fourth-order valence-electron chi connectivity index (χ4n) is 6.87. The van der Waals surface area contributed by atoms with E-state index in [1.165, 1.54) is 0 Å². The van der Waals surface area contributed by atoms with Crippen LogP contribution in [0.4, 0.5) is 0 Å². The van der Waals surface area contributed by atoms with E-state index in [1.807, 2.05) is 103 Å². The highest BCUT2D eigenvalue weighted by Gasteiger charge is 2.47. The van der Waals surface area contributed by atoms with Gasteiger partial charge in [0.25, 0.3) is 0 Å². The molecule has 0 atom stereocenters. The second-order valence-electron chi connectivity index (χ2n) is 13.6. The Labute approximate surface area is 269 Å². The molecule has 0 radical (unpaired) electrons. The van der Waals surface area contributed by atoms with Gasteiger partial charge in [-0.1, -0.05) is 117 Å². The highest BCUT2D eigenvalue weighted by atomic mass is 16.6. The largest absolute Gasteiger partial charge is 0.494 e. The summed E-state index contributed by atoms with van der Waals surface area (Å²) in [5.41, 5.74) is 5.52. The van der Waals surface area contributed by atoms with Crippen molar-refractivity contribution in [3.63, 3.8) is 0 Å². The van der Waals surface area contributed by atoms with E-state index in [9.17, 15) is 9.59 Å². The minimum absolute atomic E-state index is 0.129. The van der Waals surface area contributed by atoms with E-state index in [1.54, 1.807) is 0 Å². The van der Waals surface area contributed by atoms with E-state index < -0.39 is 7.12 Å². The monoisotopic (exact) mass is 600 g/mol. The second-order valence-corrected chi connectivity index (χ2v) is 13.6. The van der Waals surface area contributed by atoms with Gasteiger partial charge in [0.05, 0.1) is 5.60 Å². The third kappa shape index (κ3) is 4.30. The normalized spacial score (nSPS) is 16.8. The summed E-state index contributed by atoms with van der Waals surface area (Å²) in [6.07, 6.45) is 0. The first-order valence-corrected chi connectivity index (χ1v) is 15.8. The summed E-state index contributed by atoms with van der Waals surface area (Å²) in [4.78, 5) is 29.5. The van der Waals surface area contributed by atoms with Crippen molar-refractivity contribution in [2.45, 2.75) is 33.3 Å². The maximum atomic E-state index is 14.8. The Bertz CT molecular complexity index is 2210. The smallest absolute Gasteiger partial charge is 0.407 e. The van der Waals surface area contributed by atoms with E-state index >= 15 is 0 Å². The van der Waals surface area contributed by atoms with E-state index in [-0.39, 0.29) is 22.6 Å². The first-order valence-electron chi connectivity index (χ1n) is 15.8. The third-order valence-electron chi connectivity index (χ3n) is 10.2. The molecule has 0 unspecified atom stereocenters. The fourth-order valence-corrected chi connectivity index (χ4v) is 6.87. The number of rotatable bonds is 3. The molecule has 0 bridgehead atoms. The molecule has 4 nitrogen and oxygen atoms in total. The molecule has 1 aliphatic heterocycles. The molecule has 1 fully saturated rings. The van der Waals surface area contributed by atoms with Crippen LogP contribution < -0.4 is 5.46 Å². The maximum absolute atomic E-state index is 14.8. The van der Waals surface area contributed by atoms with Gasteiger partial charge in [0, 0.05) is 45.4 Å². The van der Waals surface area contributed by atoms with E-state index in [4.69, 9.17) is 9.31 Å². The summed E-state index contributed by atoms with van der Waals surface area (Å²) in [5, 5.41) is 3.72. The zero-order valence-electron chi connectivity index (χ0n) is 26.4. The summed E-state index contributed by atoms with van der Waals surface area (Å²) in [6, 6.07) is 37.7. The van der Waals surface area contributed by atoms with Gasteiger partial charge in [-0.25, -0.2) is 0 Å². The number of hydrogen-bond donors (Lipinski definition) is 0. The van der Waals surface area contributed by atoms with E-state index in [0.29, 0.717) is 28.9 Å². The molecule has 1 aliphatic carbocycles. The Hall–Kier alpha value is -4.84.